The summed E-state index contributed by atoms with van der Waals surface area (Å²) in [6.45, 7) is 7.21. The van der Waals surface area contributed by atoms with Gasteiger partial charge in [0.15, 0.2) is 0 Å². The highest BCUT2D eigenvalue weighted by molar-refractivity contribution is 5.94. The van der Waals surface area contributed by atoms with Gasteiger partial charge in [-0.1, -0.05) is 62.4 Å². The molecule has 6 nitrogen and oxygen atoms in total. The van der Waals surface area contributed by atoms with Crippen LogP contribution in [0, 0.1) is 5.92 Å². The number of nitrogens with zero attached hydrogens (tertiary/aromatic N) is 2. The van der Waals surface area contributed by atoms with Crippen LogP contribution in [-0.4, -0.2) is 59.2 Å². The van der Waals surface area contributed by atoms with Gasteiger partial charge in [0.25, 0.3) is 5.91 Å². The van der Waals surface area contributed by atoms with E-state index in [9.17, 15) is 14.4 Å². The van der Waals surface area contributed by atoms with E-state index in [0.717, 1.165) is 5.56 Å². The Bertz CT molecular complexity index is 899. The third kappa shape index (κ3) is 5.72. The highest BCUT2D eigenvalue weighted by Gasteiger charge is 2.34. The van der Waals surface area contributed by atoms with Crippen molar-refractivity contribution in [3.8, 4) is 0 Å². The van der Waals surface area contributed by atoms with Crippen molar-refractivity contribution in [2.24, 2.45) is 5.92 Å². The Balaban J connectivity index is 1.61. The molecule has 1 aliphatic heterocycles. The van der Waals surface area contributed by atoms with Crippen molar-refractivity contribution in [2.75, 3.05) is 19.6 Å². The van der Waals surface area contributed by atoms with Gasteiger partial charge in [-0.15, -0.1) is 0 Å². The second-order valence-corrected chi connectivity index (χ2v) is 8.45. The zero-order valence-corrected chi connectivity index (χ0v) is 18.5. The number of carbonyl (C=O) groups excluding carboxylic acids is 3. The molecule has 2 aromatic carbocycles. The summed E-state index contributed by atoms with van der Waals surface area (Å²) in [5.74, 6) is -0.303. The fourth-order valence-corrected chi connectivity index (χ4v) is 3.92. The van der Waals surface area contributed by atoms with E-state index >= 15 is 0 Å². The summed E-state index contributed by atoms with van der Waals surface area (Å²) in [4.78, 5) is 42.2. The van der Waals surface area contributed by atoms with Gasteiger partial charge in [-0.05, 0) is 30.5 Å². The van der Waals surface area contributed by atoms with Crippen LogP contribution in [0.2, 0.25) is 0 Å². The van der Waals surface area contributed by atoms with Crippen LogP contribution in [0.3, 0.4) is 0 Å². The summed E-state index contributed by atoms with van der Waals surface area (Å²) >= 11 is 0. The molecular formula is C25H31N3O3. The summed E-state index contributed by atoms with van der Waals surface area (Å²) in [5, 5.41) is 2.93. The predicted molar refractivity (Wildman–Crippen MR) is 120 cm³/mol. The van der Waals surface area contributed by atoms with Gasteiger partial charge >= 0.3 is 0 Å². The summed E-state index contributed by atoms with van der Waals surface area (Å²) in [7, 11) is 0. The molecule has 3 amide bonds. The maximum absolute atomic E-state index is 13.2. The minimum Gasteiger partial charge on any atom is -0.344 e. The van der Waals surface area contributed by atoms with Crippen molar-refractivity contribution in [3.63, 3.8) is 0 Å². The summed E-state index contributed by atoms with van der Waals surface area (Å²) < 4.78 is 0. The van der Waals surface area contributed by atoms with Gasteiger partial charge in [0.2, 0.25) is 11.8 Å². The lowest BCUT2D eigenvalue weighted by Gasteiger charge is -2.41. The average Bonchev–Trinajstić information content (AvgIpc) is 2.77. The lowest BCUT2D eigenvalue weighted by molar-refractivity contribution is -0.139. The maximum Gasteiger partial charge on any atom is 0.254 e. The van der Waals surface area contributed by atoms with Crippen molar-refractivity contribution < 1.29 is 14.4 Å². The molecule has 1 heterocycles. The van der Waals surface area contributed by atoms with Gasteiger partial charge in [-0.25, -0.2) is 0 Å². The Labute approximate surface area is 184 Å². The van der Waals surface area contributed by atoms with Crippen LogP contribution < -0.4 is 5.32 Å². The minimum absolute atomic E-state index is 0.0169. The molecule has 1 fully saturated rings. The Morgan fingerprint density at radius 2 is 1.58 bits per heavy atom. The molecule has 1 aliphatic rings. The second kappa shape index (κ2) is 10.2. The van der Waals surface area contributed by atoms with Gasteiger partial charge in [-0.2, -0.15) is 0 Å². The Morgan fingerprint density at radius 3 is 2.16 bits per heavy atom. The van der Waals surface area contributed by atoms with Gasteiger partial charge < -0.3 is 15.1 Å². The predicted octanol–water partition coefficient (Wildman–Crippen LogP) is 2.74. The minimum atomic E-state index is -0.584. The van der Waals surface area contributed by atoms with Gasteiger partial charge in [0.1, 0.15) is 6.04 Å². The largest absolute Gasteiger partial charge is 0.344 e. The van der Waals surface area contributed by atoms with Crippen LogP contribution in [0.5, 0.6) is 0 Å². The first-order valence-electron chi connectivity index (χ1n) is 10.8. The number of nitrogens with one attached hydrogen (secondary N) is 1. The molecule has 0 saturated carbocycles. The van der Waals surface area contributed by atoms with E-state index in [1.165, 1.54) is 0 Å². The fourth-order valence-electron chi connectivity index (χ4n) is 3.92. The zero-order valence-electron chi connectivity index (χ0n) is 18.5. The Kier molecular flexibility index (Phi) is 7.45. The summed E-state index contributed by atoms with van der Waals surface area (Å²) in [6.07, 6.45) is 0.243. The molecule has 0 aromatic heterocycles. The van der Waals surface area contributed by atoms with Gasteiger partial charge in [-0.3, -0.25) is 14.4 Å². The molecule has 3 rings (SSSR count). The molecule has 0 aliphatic carbocycles. The number of piperazine rings is 1. The second-order valence-electron chi connectivity index (χ2n) is 8.45. The number of amides is 3. The van der Waals surface area contributed by atoms with E-state index in [4.69, 9.17) is 0 Å². The van der Waals surface area contributed by atoms with E-state index < -0.39 is 6.04 Å². The quantitative estimate of drug-likeness (QED) is 0.780. The third-order valence-electron chi connectivity index (χ3n) is 5.68. The topological polar surface area (TPSA) is 69.7 Å². The normalized spacial score (nSPS) is 17.4. The molecule has 0 bridgehead atoms. The highest BCUT2D eigenvalue weighted by Crippen LogP contribution is 2.17. The van der Waals surface area contributed by atoms with Gasteiger partial charge in [0.05, 0.1) is 6.42 Å². The standard InChI is InChI=1S/C25H31N3O3/c1-18(2)23(26-22(29)16-20-10-6-4-7-11-20)25(31)27-14-15-28(19(3)17-27)24(30)21-12-8-5-9-13-21/h4-13,18-19,23H,14-17H2,1-3H3,(H,26,29). The highest BCUT2D eigenvalue weighted by atomic mass is 16.2. The van der Waals surface area contributed by atoms with Crippen LogP contribution in [0.4, 0.5) is 0 Å². The molecule has 0 spiro atoms. The molecule has 164 valence electrons. The van der Waals surface area contributed by atoms with Crippen molar-refractivity contribution >= 4 is 17.7 Å². The van der Waals surface area contributed by atoms with Crippen molar-refractivity contribution in [3.05, 3.63) is 71.8 Å². The number of benzene rings is 2. The smallest absolute Gasteiger partial charge is 0.254 e. The van der Waals surface area contributed by atoms with E-state index in [2.05, 4.69) is 5.32 Å². The first-order chi connectivity index (χ1) is 14.9. The Morgan fingerprint density at radius 1 is 0.968 bits per heavy atom. The van der Waals surface area contributed by atoms with Gasteiger partial charge in [0, 0.05) is 31.2 Å². The Hall–Kier alpha value is -3.15. The molecule has 31 heavy (non-hydrogen) atoms. The van der Waals surface area contributed by atoms with Crippen molar-refractivity contribution in [1.82, 2.24) is 15.1 Å². The lowest BCUT2D eigenvalue weighted by atomic mass is 10.0. The fraction of sp³-hybridized carbons (Fsp3) is 0.400. The summed E-state index contributed by atoms with van der Waals surface area (Å²) in [6, 6.07) is 18.0. The average molecular weight is 422 g/mol. The number of rotatable bonds is 6. The van der Waals surface area contributed by atoms with Crippen LogP contribution in [-0.2, 0) is 16.0 Å². The van der Waals surface area contributed by atoms with E-state index in [0.29, 0.717) is 25.2 Å². The SMILES string of the molecule is CC(C)C(NC(=O)Cc1ccccc1)C(=O)N1CCN(C(=O)c2ccccc2)C(C)C1. The molecule has 1 N–H and O–H groups in total. The number of hydrogen-bond donors (Lipinski definition) is 1. The molecule has 6 heteroatoms. The molecule has 0 radical (unpaired) electrons. The molecular weight excluding hydrogens is 390 g/mol. The lowest BCUT2D eigenvalue weighted by Crippen LogP contribution is -2.60. The van der Waals surface area contributed by atoms with E-state index in [-0.39, 0.29) is 36.1 Å². The van der Waals surface area contributed by atoms with E-state index in [1.54, 1.807) is 4.90 Å². The molecule has 2 aromatic rings. The molecule has 1 saturated heterocycles. The van der Waals surface area contributed by atoms with Crippen LogP contribution in [0.1, 0.15) is 36.7 Å². The van der Waals surface area contributed by atoms with E-state index in [1.807, 2.05) is 86.3 Å². The van der Waals surface area contributed by atoms with Crippen molar-refractivity contribution in [1.29, 1.82) is 0 Å². The zero-order chi connectivity index (χ0) is 22.4. The maximum atomic E-state index is 13.2. The van der Waals surface area contributed by atoms with Crippen LogP contribution in [0.25, 0.3) is 0 Å². The number of carbonyl (C=O) groups is 3. The van der Waals surface area contributed by atoms with Crippen LogP contribution in [0.15, 0.2) is 60.7 Å². The first kappa shape index (κ1) is 22.5. The summed E-state index contributed by atoms with van der Waals surface area (Å²) in [5.41, 5.74) is 1.57. The first-order valence-corrected chi connectivity index (χ1v) is 10.8. The molecule has 2 atom stereocenters. The van der Waals surface area contributed by atoms with Crippen LogP contribution >= 0.6 is 0 Å². The molecule has 2 unspecified atom stereocenters. The monoisotopic (exact) mass is 421 g/mol. The van der Waals surface area contributed by atoms with Crippen molar-refractivity contribution in [2.45, 2.75) is 39.3 Å². The number of hydrogen-bond acceptors (Lipinski definition) is 3. The third-order valence-corrected chi connectivity index (χ3v) is 5.68.